The summed E-state index contributed by atoms with van der Waals surface area (Å²) in [6.07, 6.45) is 4.34. The lowest BCUT2D eigenvalue weighted by Gasteiger charge is -2.06. The Bertz CT molecular complexity index is 377. The first-order chi connectivity index (χ1) is 8.74. The van der Waals surface area contributed by atoms with Gasteiger partial charge < -0.3 is 9.84 Å². The second-order valence-corrected chi connectivity index (χ2v) is 4.13. The zero-order valence-electron chi connectivity index (χ0n) is 11.1. The first-order valence-corrected chi connectivity index (χ1v) is 6.36. The minimum atomic E-state index is -0.431. The lowest BCUT2D eigenvalue weighted by molar-refractivity contribution is 0.0592. The van der Waals surface area contributed by atoms with Crippen molar-refractivity contribution in [3.05, 3.63) is 11.4 Å². The number of rotatable bonds is 8. The Kier molecular flexibility index (Phi) is 6.35. The minimum absolute atomic E-state index is 0.215. The van der Waals surface area contributed by atoms with Crippen molar-refractivity contribution in [3.63, 3.8) is 0 Å². The normalized spacial score (nSPS) is 10.6. The van der Waals surface area contributed by atoms with Crippen molar-refractivity contribution in [2.45, 2.75) is 45.6 Å². The zero-order valence-corrected chi connectivity index (χ0v) is 11.1. The van der Waals surface area contributed by atoms with Gasteiger partial charge in [-0.05, 0) is 25.7 Å². The van der Waals surface area contributed by atoms with Crippen molar-refractivity contribution < 1.29 is 14.6 Å². The molecule has 0 saturated carbocycles. The van der Waals surface area contributed by atoms with Crippen molar-refractivity contribution >= 4 is 5.97 Å². The standard InChI is InChI=1S/C12H21N3O3/c1-3-7-10-11(12(17)18-2)13-14-15(10)8-5-4-6-9-16/h16H,3-9H2,1-2H3. The molecule has 102 valence electrons. The molecule has 0 bridgehead atoms. The van der Waals surface area contributed by atoms with Gasteiger partial charge in [0.15, 0.2) is 5.69 Å². The van der Waals surface area contributed by atoms with E-state index >= 15 is 0 Å². The highest BCUT2D eigenvalue weighted by atomic mass is 16.5. The van der Waals surface area contributed by atoms with E-state index in [9.17, 15) is 4.79 Å². The number of aryl methyl sites for hydroxylation is 1. The highest BCUT2D eigenvalue weighted by molar-refractivity contribution is 5.88. The van der Waals surface area contributed by atoms with Gasteiger partial charge in [-0.25, -0.2) is 9.48 Å². The van der Waals surface area contributed by atoms with Crippen molar-refractivity contribution in [2.24, 2.45) is 0 Å². The van der Waals surface area contributed by atoms with Crippen molar-refractivity contribution in [2.75, 3.05) is 13.7 Å². The van der Waals surface area contributed by atoms with Gasteiger partial charge >= 0.3 is 5.97 Å². The SMILES string of the molecule is CCCc1c(C(=O)OC)nnn1CCCCCO. The first-order valence-electron chi connectivity index (χ1n) is 6.36. The molecule has 1 aromatic heterocycles. The summed E-state index contributed by atoms with van der Waals surface area (Å²) in [4.78, 5) is 11.5. The summed E-state index contributed by atoms with van der Waals surface area (Å²) in [6, 6.07) is 0. The molecule has 0 aliphatic rings. The lowest BCUT2D eigenvalue weighted by Crippen LogP contribution is -2.10. The Hall–Kier alpha value is -1.43. The summed E-state index contributed by atoms with van der Waals surface area (Å²) in [5, 5.41) is 16.6. The van der Waals surface area contributed by atoms with Crippen LogP contribution in [0.1, 0.15) is 48.8 Å². The lowest BCUT2D eigenvalue weighted by atomic mass is 10.2. The van der Waals surface area contributed by atoms with Crippen LogP contribution < -0.4 is 0 Å². The third-order valence-electron chi connectivity index (χ3n) is 2.73. The maximum absolute atomic E-state index is 11.5. The number of carbonyl (C=O) groups excluding carboxylic acids is 1. The first kappa shape index (κ1) is 14.6. The largest absolute Gasteiger partial charge is 0.464 e. The number of aromatic nitrogens is 3. The van der Waals surface area contributed by atoms with Crippen LogP contribution in [0, 0.1) is 0 Å². The molecule has 0 radical (unpaired) electrons. The van der Waals surface area contributed by atoms with Crippen LogP contribution in [0.25, 0.3) is 0 Å². The zero-order chi connectivity index (χ0) is 13.4. The van der Waals surface area contributed by atoms with Crippen LogP contribution in [0.15, 0.2) is 0 Å². The van der Waals surface area contributed by atoms with E-state index < -0.39 is 5.97 Å². The number of hydrogen-bond acceptors (Lipinski definition) is 5. The van der Waals surface area contributed by atoms with E-state index in [1.807, 2.05) is 6.92 Å². The molecule has 0 amide bonds. The molecule has 0 saturated heterocycles. The number of unbranched alkanes of at least 4 members (excludes halogenated alkanes) is 2. The predicted octanol–water partition coefficient (Wildman–Crippen LogP) is 1.18. The molecule has 0 unspecified atom stereocenters. The summed E-state index contributed by atoms with van der Waals surface area (Å²) in [5.74, 6) is -0.431. The predicted molar refractivity (Wildman–Crippen MR) is 66.3 cm³/mol. The van der Waals surface area contributed by atoms with E-state index in [-0.39, 0.29) is 6.61 Å². The van der Waals surface area contributed by atoms with Gasteiger partial charge in [-0.3, -0.25) is 0 Å². The molecule has 0 spiro atoms. The highest BCUT2D eigenvalue weighted by Gasteiger charge is 2.19. The van der Waals surface area contributed by atoms with Crippen molar-refractivity contribution in [1.29, 1.82) is 0 Å². The maximum atomic E-state index is 11.5. The van der Waals surface area contributed by atoms with E-state index in [1.54, 1.807) is 4.68 Å². The molecule has 18 heavy (non-hydrogen) atoms. The molecule has 0 aliphatic heterocycles. The molecule has 1 N–H and O–H groups in total. The number of aliphatic hydroxyl groups excluding tert-OH is 1. The molecule has 0 fully saturated rings. The second kappa shape index (κ2) is 7.81. The second-order valence-electron chi connectivity index (χ2n) is 4.13. The molecular weight excluding hydrogens is 234 g/mol. The summed E-state index contributed by atoms with van der Waals surface area (Å²) < 4.78 is 6.46. The number of methoxy groups -OCH3 is 1. The number of esters is 1. The Labute approximate surface area is 107 Å². The Balaban J connectivity index is 2.71. The number of ether oxygens (including phenoxy) is 1. The Morgan fingerprint density at radius 3 is 2.78 bits per heavy atom. The van der Waals surface area contributed by atoms with Gasteiger partial charge in [0.05, 0.1) is 12.8 Å². The summed E-state index contributed by atoms with van der Waals surface area (Å²) in [6.45, 7) is 2.98. The summed E-state index contributed by atoms with van der Waals surface area (Å²) in [5.41, 5.74) is 1.16. The topological polar surface area (TPSA) is 77.2 Å². The fraction of sp³-hybridized carbons (Fsp3) is 0.750. The van der Waals surface area contributed by atoms with E-state index in [1.165, 1.54) is 7.11 Å². The van der Waals surface area contributed by atoms with E-state index in [0.29, 0.717) is 5.69 Å². The monoisotopic (exact) mass is 255 g/mol. The van der Waals surface area contributed by atoms with E-state index in [2.05, 4.69) is 10.3 Å². The molecule has 6 heteroatoms. The van der Waals surface area contributed by atoms with Crippen LogP contribution in [0.5, 0.6) is 0 Å². The third kappa shape index (κ3) is 3.80. The van der Waals surface area contributed by atoms with E-state index in [4.69, 9.17) is 9.84 Å². The molecule has 0 atom stereocenters. The van der Waals surface area contributed by atoms with Gasteiger partial charge in [0.25, 0.3) is 0 Å². The average molecular weight is 255 g/mol. The van der Waals surface area contributed by atoms with Crippen LogP contribution in [-0.4, -0.2) is 39.8 Å². The minimum Gasteiger partial charge on any atom is -0.464 e. The quantitative estimate of drug-likeness (QED) is 0.557. The van der Waals surface area contributed by atoms with Crippen LogP contribution >= 0.6 is 0 Å². The Morgan fingerprint density at radius 2 is 2.17 bits per heavy atom. The van der Waals surface area contributed by atoms with E-state index in [0.717, 1.165) is 44.3 Å². The van der Waals surface area contributed by atoms with Gasteiger partial charge in [-0.2, -0.15) is 0 Å². The van der Waals surface area contributed by atoms with Crippen molar-refractivity contribution in [3.8, 4) is 0 Å². The molecule has 1 aromatic rings. The molecule has 1 rings (SSSR count). The van der Waals surface area contributed by atoms with Crippen LogP contribution in [0.4, 0.5) is 0 Å². The number of nitrogens with zero attached hydrogens (tertiary/aromatic N) is 3. The molecule has 6 nitrogen and oxygen atoms in total. The van der Waals surface area contributed by atoms with Gasteiger partial charge in [-0.15, -0.1) is 5.10 Å². The summed E-state index contributed by atoms with van der Waals surface area (Å²) in [7, 11) is 1.35. The van der Waals surface area contributed by atoms with Crippen LogP contribution in [0.3, 0.4) is 0 Å². The Morgan fingerprint density at radius 1 is 1.39 bits per heavy atom. The fourth-order valence-corrected chi connectivity index (χ4v) is 1.80. The van der Waals surface area contributed by atoms with Gasteiger partial charge in [0, 0.05) is 13.2 Å². The number of carbonyl (C=O) groups is 1. The fourth-order valence-electron chi connectivity index (χ4n) is 1.80. The third-order valence-corrected chi connectivity index (χ3v) is 2.73. The van der Waals surface area contributed by atoms with Gasteiger partial charge in [0.1, 0.15) is 0 Å². The molecule has 0 aliphatic carbocycles. The van der Waals surface area contributed by atoms with Crippen LogP contribution in [-0.2, 0) is 17.7 Å². The molecule has 0 aromatic carbocycles. The molecular formula is C12H21N3O3. The maximum Gasteiger partial charge on any atom is 0.360 e. The average Bonchev–Trinajstić information content (AvgIpc) is 2.77. The van der Waals surface area contributed by atoms with Gasteiger partial charge in [-0.1, -0.05) is 18.6 Å². The number of hydrogen-bond donors (Lipinski definition) is 1. The number of aliphatic hydroxyl groups is 1. The smallest absolute Gasteiger partial charge is 0.360 e. The van der Waals surface area contributed by atoms with Crippen LogP contribution in [0.2, 0.25) is 0 Å². The highest BCUT2D eigenvalue weighted by Crippen LogP contribution is 2.11. The van der Waals surface area contributed by atoms with Gasteiger partial charge in [0.2, 0.25) is 0 Å². The molecule has 1 heterocycles. The van der Waals surface area contributed by atoms with Crippen molar-refractivity contribution in [1.82, 2.24) is 15.0 Å². The summed E-state index contributed by atoms with van der Waals surface area (Å²) >= 11 is 0.